The Kier molecular flexibility index (Phi) is 5.38. The molecule has 0 radical (unpaired) electrons. The van der Waals surface area contributed by atoms with E-state index in [9.17, 15) is 18.3 Å². The molecule has 3 aromatic rings. The lowest BCUT2D eigenvalue weighted by Gasteiger charge is -2.35. The van der Waals surface area contributed by atoms with Crippen molar-refractivity contribution in [3.05, 3.63) is 83.7 Å². The number of hydrogen-bond acceptors (Lipinski definition) is 4. The van der Waals surface area contributed by atoms with E-state index in [2.05, 4.69) is 10.1 Å². The molecule has 0 amide bonds. The largest absolute Gasteiger partial charge is 0.382 e. The van der Waals surface area contributed by atoms with Gasteiger partial charge in [-0.05, 0) is 25.0 Å². The minimum Gasteiger partial charge on any atom is -0.382 e. The molecule has 1 aliphatic carbocycles. The zero-order valence-electron chi connectivity index (χ0n) is 15.7. The van der Waals surface area contributed by atoms with Crippen molar-refractivity contribution >= 4 is 0 Å². The summed E-state index contributed by atoms with van der Waals surface area (Å²) in [5.74, 6) is -1.89. The standard InChI is InChI=1S/C21H21F3N4O/c22-16-5-8-18(20(24)9-16)21(29,12-28-14-25-13-26-28)11-27(17-6-7-17)10-15-3-1-2-4-19(15)23/h1-5,8-9,13-14,17,29H,6-7,10-12H2. The van der Waals surface area contributed by atoms with Gasteiger partial charge in [-0.25, -0.2) is 22.8 Å². The van der Waals surface area contributed by atoms with Gasteiger partial charge in [-0.1, -0.05) is 24.3 Å². The molecule has 152 valence electrons. The Labute approximate surface area is 166 Å². The predicted molar refractivity (Wildman–Crippen MR) is 100 cm³/mol. The Morgan fingerprint density at radius 1 is 1.10 bits per heavy atom. The van der Waals surface area contributed by atoms with Gasteiger partial charge in [-0.3, -0.25) is 4.90 Å². The molecule has 29 heavy (non-hydrogen) atoms. The number of halogens is 3. The SMILES string of the molecule is OC(CN(Cc1ccccc1F)C1CC1)(Cn1cncn1)c1ccc(F)cc1F. The highest BCUT2D eigenvalue weighted by Gasteiger charge is 2.40. The van der Waals surface area contributed by atoms with Crippen LogP contribution in [0, 0.1) is 17.5 Å². The molecule has 0 aliphatic heterocycles. The molecular weight excluding hydrogens is 381 g/mol. The maximum absolute atomic E-state index is 14.6. The maximum Gasteiger partial charge on any atom is 0.137 e. The first kappa shape index (κ1) is 19.6. The average Bonchev–Trinajstić information content (AvgIpc) is 3.40. The van der Waals surface area contributed by atoms with E-state index in [0.29, 0.717) is 5.56 Å². The van der Waals surface area contributed by atoms with Crippen LogP contribution in [0.15, 0.2) is 55.1 Å². The Morgan fingerprint density at radius 2 is 1.90 bits per heavy atom. The number of benzene rings is 2. The molecule has 8 heteroatoms. The fourth-order valence-electron chi connectivity index (χ4n) is 3.60. The minimum absolute atomic E-state index is 0.0337. The van der Waals surface area contributed by atoms with Crippen LogP contribution in [0.3, 0.4) is 0 Å². The second kappa shape index (κ2) is 7.96. The van der Waals surface area contributed by atoms with Crippen LogP contribution >= 0.6 is 0 Å². The molecule has 1 unspecified atom stereocenters. The summed E-state index contributed by atoms with van der Waals surface area (Å²) >= 11 is 0. The van der Waals surface area contributed by atoms with E-state index in [-0.39, 0.29) is 37.1 Å². The van der Waals surface area contributed by atoms with Gasteiger partial charge in [0.1, 0.15) is 35.7 Å². The molecule has 1 heterocycles. The second-order valence-electron chi connectivity index (χ2n) is 7.48. The lowest BCUT2D eigenvalue weighted by atomic mass is 9.92. The first-order chi connectivity index (χ1) is 13.9. The highest BCUT2D eigenvalue weighted by molar-refractivity contribution is 5.26. The van der Waals surface area contributed by atoms with Gasteiger partial charge in [-0.15, -0.1) is 0 Å². The summed E-state index contributed by atoms with van der Waals surface area (Å²) in [5, 5.41) is 15.5. The van der Waals surface area contributed by atoms with Crippen LogP contribution in [0.2, 0.25) is 0 Å². The van der Waals surface area contributed by atoms with Gasteiger partial charge in [0.2, 0.25) is 0 Å². The summed E-state index contributed by atoms with van der Waals surface area (Å²) < 4.78 is 43.6. The maximum atomic E-state index is 14.6. The summed E-state index contributed by atoms with van der Waals surface area (Å²) in [4.78, 5) is 5.81. The molecule has 0 bridgehead atoms. The minimum atomic E-state index is -1.71. The lowest BCUT2D eigenvalue weighted by molar-refractivity contribution is -0.0261. The average molecular weight is 402 g/mol. The molecule has 1 fully saturated rings. The Balaban J connectivity index is 1.67. The quantitative estimate of drug-likeness (QED) is 0.629. The van der Waals surface area contributed by atoms with Crippen LogP contribution < -0.4 is 0 Å². The van der Waals surface area contributed by atoms with Gasteiger partial charge < -0.3 is 5.11 Å². The molecular formula is C21H21F3N4O. The molecule has 1 N–H and O–H groups in total. The molecule has 1 atom stereocenters. The normalized spacial score (nSPS) is 16.2. The van der Waals surface area contributed by atoms with Gasteiger partial charge in [0.15, 0.2) is 0 Å². The van der Waals surface area contributed by atoms with E-state index < -0.39 is 17.2 Å². The van der Waals surface area contributed by atoms with Crippen LogP contribution in [0.4, 0.5) is 13.2 Å². The third-order valence-electron chi connectivity index (χ3n) is 5.18. The summed E-state index contributed by atoms with van der Waals surface area (Å²) in [6.07, 6.45) is 4.57. The van der Waals surface area contributed by atoms with Crippen molar-refractivity contribution in [1.82, 2.24) is 19.7 Å². The number of aliphatic hydroxyl groups is 1. The monoisotopic (exact) mass is 402 g/mol. The van der Waals surface area contributed by atoms with Crippen molar-refractivity contribution in [1.29, 1.82) is 0 Å². The van der Waals surface area contributed by atoms with Crippen molar-refractivity contribution in [3.63, 3.8) is 0 Å². The number of nitrogens with zero attached hydrogens (tertiary/aromatic N) is 4. The molecule has 0 saturated heterocycles. The Hall–Kier alpha value is -2.71. The summed E-state index contributed by atoms with van der Waals surface area (Å²) in [6.45, 7) is 0.240. The highest BCUT2D eigenvalue weighted by atomic mass is 19.1. The fraction of sp³-hybridized carbons (Fsp3) is 0.333. The molecule has 5 nitrogen and oxygen atoms in total. The van der Waals surface area contributed by atoms with Gasteiger partial charge in [0.05, 0.1) is 6.54 Å². The molecule has 0 spiro atoms. The van der Waals surface area contributed by atoms with E-state index in [4.69, 9.17) is 0 Å². The summed E-state index contributed by atoms with van der Waals surface area (Å²) in [7, 11) is 0. The van der Waals surface area contributed by atoms with Crippen LogP contribution in [-0.2, 0) is 18.7 Å². The molecule has 4 rings (SSSR count). The van der Waals surface area contributed by atoms with Gasteiger partial charge >= 0.3 is 0 Å². The van der Waals surface area contributed by atoms with Crippen LogP contribution in [-0.4, -0.2) is 37.4 Å². The van der Waals surface area contributed by atoms with Crippen LogP contribution in [0.1, 0.15) is 24.0 Å². The number of hydrogen-bond donors (Lipinski definition) is 1. The Bertz CT molecular complexity index is 978. The molecule has 2 aromatic carbocycles. The fourth-order valence-corrected chi connectivity index (χ4v) is 3.60. The van der Waals surface area contributed by atoms with Crippen LogP contribution in [0.25, 0.3) is 0 Å². The second-order valence-corrected chi connectivity index (χ2v) is 7.48. The topological polar surface area (TPSA) is 54.2 Å². The highest BCUT2D eigenvalue weighted by Crippen LogP contribution is 2.34. The summed E-state index contributed by atoms with van der Waals surface area (Å²) in [6, 6.07) is 9.74. The molecule has 1 saturated carbocycles. The first-order valence-corrected chi connectivity index (χ1v) is 9.42. The first-order valence-electron chi connectivity index (χ1n) is 9.42. The van der Waals surface area contributed by atoms with Crippen molar-refractivity contribution < 1.29 is 18.3 Å². The van der Waals surface area contributed by atoms with Crippen molar-refractivity contribution in [2.45, 2.75) is 37.6 Å². The Morgan fingerprint density at radius 3 is 2.55 bits per heavy atom. The van der Waals surface area contributed by atoms with Gasteiger partial charge in [0.25, 0.3) is 0 Å². The van der Waals surface area contributed by atoms with Gasteiger partial charge in [0, 0.05) is 36.3 Å². The van der Waals surface area contributed by atoms with E-state index in [1.54, 1.807) is 18.2 Å². The molecule has 1 aromatic heterocycles. The lowest BCUT2D eigenvalue weighted by Crippen LogP contribution is -2.45. The van der Waals surface area contributed by atoms with E-state index in [1.807, 2.05) is 4.90 Å². The number of rotatable bonds is 8. The van der Waals surface area contributed by atoms with Crippen molar-refractivity contribution in [3.8, 4) is 0 Å². The van der Waals surface area contributed by atoms with Crippen LogP contribution in [0.5, 0.6) is 0 Å². The van der Waals surface area contributed by atoms with E-state index >= 15 is 0 Å². The smallest absolute Gasteiger partial charge is 0.137 e. The van der Waals surface area contributed by atoms with Crippen molar-refractivity contribution in [2.24, 2.45) is 0 Å². The molecule has 1 aliphatic rings. The third-order valence-corrected chi connectivity index (χ3v) is 5.18. The van der Waals surface area contributed by atoms with Crippen molar-refractivity contribution in [2.75, 3.05) is 6.54 Å². The summed E-state index contributed by atoms with van der Waals surface area (Å²) in [5.41, 5.74) is -1.24. The van der Waals surface area contributed by atoms with E-state index in [1.165, 1.54) is 29.5 Å². The predicted octanol–water partition coefficient (Wildman–Crippen LogP) is 3.25. The van der Waals surface area contributed by atoms with Gasteiger partial charge in [-0.2, -0.15) is 5.10 Å². The number of aromatic nitrogens is 3. The van der Waals surface area contributed by atoms with E-state index in [0.717, 1.165) is 25.0 Å². The zero-order valence-corrected chi connectivity index (χ0v) is 15.7. The third kappa shape index (κ3) is 4.49. The zero-order chi connectivity index (χ0) is 20.4.